The van der Waals surface area contributed by atoms with Crippen LogP contribution in [0.1, 0.15) is 62.2 Å². The predicted molar refractivity (Wildman–Crippen MR) is 145 cm³/mol. The fourth-order valence-corrected chi connectivity index (χ4v) is 5.93. The van der Waals surface area contributed by atoms with Gasteiger partial charge in [0.15, 0.2) is 0 Å². The Morgan fingerprint density at radius 3 is 2.30 bits per heavy atom. The van der Waals surface area contributed by atoms with Crippen LogP contribution in [-0.4, -0.2) is 66.2 Å². The van der Waals surface area contributed by atoms with Crippen molar-refractivity contribution in [2.45, 2.75) is 63.6 Å². The van der Waals surface area contributed by atoms with Crippen molar-refractivity contribution in [2.24, 2.45) is 11.3 Å². The van der Waals surface area contributed by atoms with Crippen LogP contribution in [0.15, 0.2) is 42.6 Å². The molecule has 3 heterocycles. The van der Waals surface area contributed by atoms with E-state index in [0.717, 1.165) is 36.9 Å². The summed E-state index contributed by atoms with van der Waals surface area (Å²) < 4.78 is 46.4. The molecular formula is C30H37F3N4O3. The minimum absolute atomic E-state index is 0.119. The molecule has 10 heteroatoms. The zero-order chi connectivity index (χ0) is 28.4. The van der Waals surface area contributed by atoms with Gasteiger partial charge in [0.2, 0.25) is 11.8 Å². The molecule has 1 aromatic carbocycles. The van der Waals surface area contributed by atoms with Crippen molar-refractivity contribution in [3.05, 3.63) is 48.2 Å². The molecule has 5 rings (SSSR count). The first-order valence-corrected chi connectivity index (χ1v) is 14.2. The number of nitrogens with zero attached hydrogens (tertiary/aromatic N) is 2. The number of hydrogen-bond acceptors (Lipinski definition) is 6. The second-order valence-electron chi connectivity index (χ2n) is 11.8. The highest BCUT2D eigenvalue weighted by atomic mass is 19.4. The zero-order valence-corrected chi connectivity index (χ0v) is 22.9. The molecule has 2 aliphatic heterocycles. The molecule has 7 nitrogen and oxygen atoms in total. The lowest BCUT2D eigenvalue weighted by Gasteiger charge is -2.47. The van der Waals surface area contributed by atoms with Crippen molar-refractivity contribution in [1.29, 1.82) is 0 Å². The third kappa shape index (κ3) is 6.17. The van der Waals surface area contributed by atoms with Crippen LogP contribution in [0.3, 0.4) is 0 Å². The number of aromatic nitrogens is 1. The number of hydrogen-bond donors (Lipinski definition) is 2. The summed E-state index contributed by atoms with van der Waals surface area (Å²) >= 11 is 0. The molecule has 0 radical (unpaired) electrons. The van der Waals surface area contributed by atoms with E-state index in [1.54, 1.807) is 31.3 Å². The number of benzene rings is 1. The quantitative estimate of drug-likeness (QED) is 0.445. The van der Waals surface area contributed by atoms with E-state index in [0.29, 0.717) is 49.9 Å². The molecule has 1 atom stereocenters. The molecule has 3 fully saturated rings. The molecular weight excluding hydrogens is 521 g/mol. The SMILES string of the molecule is C[C@@]1(C(=O)NC(=O)c2ccc(-c3ccc(OCC4CCN(CC5(C(F)(F)F)CCC5)CC4)nc3)cc2)CCCN1. The number of ether oxygens (including phenoxy) is 1. The number of imide groups is 1. The van der Waals surface area contributed by atoms with E-state index in [2.05, 4.69) is 15.6 Å². The summed E-state index contributed by atoms with van der Waals surface area (Å²) in [6.07, 6.45) is 1.97. The maximum Gasteiger partial charge on any atom is 0.395 e. The highest BCUT2D eigenvalue weighted by molar-refractivity contribution is 6.07. The van der Waals surface area contributed by atoms with Gasteiger partial charge in [0.1, 0.15) is 0 Å². The van der Waals surface area contributed by atoms with Crippen molar-refractivity contribution in [3.8, 4) is 17.0 Å². The molecule has 216 valence electrons. The van der Waals surface area contributed by atoms with Gasteiger partial charge in [-0.15, -0.1) is 0 Å². The van der Waals surface area contributed by atoms with E-state index >= 15 is 0 Å². The predicted octanol–water partition coefficient (Wildman–Crippen LogP) is 4.97. The van der Waals surface area contributed by atoms with E-state index in [1.165, 1.54) is 0 Å². The number of amides is 2. The lowest BCUT2D eigenvalue weighted by atomic mass is 9.67. The van der Waals surface area contributed by atoms with Gasteiger partial charge >= 0.3 is 6.18 Å². The summed E-state index contributed by atoms with van der Waals surface area (Å²) in [5, 5.41) is 5.64. The molecule has 1 aromatic heterocycles. The van der Waals surface area contributed by atoms with Crippen molar-refractivity contribution in [3.63, 3.8) is 0 Å². The first kappa shape index (κ1) is 28.5. The van der Waals surface area contributed by atoms with Crippen molar-refractivity contribution >= 4 is 11.8 Å². The normalized spacial score (nSPS) is 23.4. The van der Waals surface area contributed by atoms with Gasteiger partial charge in [-0.25, -0.2) is 4.98 Å². The van der Waals surface area contributed by atoms with Gasteiger partial charge in [-0.1, -0.05) is 18.6 Å². The summed E-state index contributed by atoms with van der Waals surface area (Å²) in [6.45, 7) is 4.50. The molecule has 1 saturated carbocycles. The Morgan fingerprint density at radius 1 is 1.05 bits per heavy atom. The fraction of sp³-hybridized carbons (Fsp3) is 0.567. The van der Waals surface area contributed by atoms with Gasteiger partial charge < -0.3 is 15.0 Å². The van der Waals surface area contributed by atoms with Crippen LogP contribution < -0.4 is 15.4 Å². The standard InChI is InChI=1S/C30H37F3N4O3/c1-28(12-3-15-35-28)27(39)36-26(38)23-6-4-22(5-7-23)24-8-9-25(34-18-24)40-19-21-10-16-37(17-11-21)20-29(13-2-14-29)30(31,32)33/h4-9,18,21,35H,2-3,10-17,19-20H2,1H3,(H,36,38,39)/t28-/m0/s1. The van der Waals surface area contributed by atoms with Crippen molar-refractivity contribution in [2.75, 3.05) is 32.8 Å². The highest BCUT2D eigenvalue weighted by Gasteiger charge is 2.58. The van der Waals surface area contributed by atoms with E-state index in [-0.39, 0.29) is 25.3 Å². The maximum absolute atomic E-state index is 13.5. The van der Waals surface area contributed by atoms with Gasteiger partial charge in [-0.3, -0.25) is 14.9 Å². The monoisotopic (exact) mass is 558 g/mol. The molecule has 40 heavy (non-hydrogen) atoms. The molecule has 2 saturated heterocycles. The van der Waals surface area contributed by atoms with Gasteiger partial charge in [-0.05, 0) is 94.8 Å². The van der Waals surface area contributed by atoms with Crippen LogP contribution >= 0.6 is 0 Å². The third-order valence-electron chi connectivity index (χ3n) is 8.93. The van der Waals surface area contributed by atoms with E-state index in [1.807, 2.05) is 23.1 Å². The Labute approximate surface area is 232 Å². The number of alkyl halides is 3. The number of nitrogens with one attached hydrogen (secondary N) is 2. The number of rotatable bonds is 8. The molecule has 0 bridgehead atoms. The Morgan fingerprint density at radius 2 is 1.75 bits per heavy atom. The van der Waals surface area contributed by atoms with Gasteiger partial charge in [0, 0.05) is 29.9 Å². The molecule has 2 aromatic rings. The van der Waals surface area contributed by atoms with E-state index in [4.69, 9.17) is 4.74 Å². The summed E-state index contributed by atoms with van der Waals surface area (Å²) in [4.78, 5) is 31.4. The average Bonchev–Trinajstić information content (AvgIpc) is 3.37. The second kappa shape index (κ2) is 11.5. The summed E-state index contributed by atoms with van der Waals surface area (Å²) in [5.74, 6) is 0.0498. The lowest BCUT2D eigenvalue weighted by Crippen LogP contribution is -2.53. The first-order chi connectivity index (χ1) is 19.1. The molecule has 2 N–H and O–H groups in total. The number of carbonyl (C=O) groups is 2. The highest BCUT2D eigenvalue weighted by Crippen LogP contribution is 2.53. The summed E-state index contributed by atoms with van der Waals surface area (Å²) in [7, 11) is 0. The lowest BCUT2D eigenvalue weighted by molar-refractivity contribution is -0.256. The number of halogens is 3. The smallest absolute Gasteiger partial charge is 0.395 e. The maximum atomic E-state index is 13.5. The van der Waals surface area contributed by atoms with Gasteiger partial charge in [-0.2, -0.15) is 13.2 Å². The van der Waals surface area contributed by atoms with Crippen LogP contribution in [0.4, 0.5) is 13.2 Å². The van der Waals surface area contributed by atoms with E-state index in [9.17, 15) is 22.8 Å². The summed E-state index contributed by atoms with van der Waals surface area (Å²) in [5.41, 5.74) is -0.0709. The number of pyridine rings is 1. The number of likely N-dealkylation sites (tertiary alicyclic amines) is 1. The summed E-state index contributed by atoms with van der Waals surface area (Å²) in [6, 6.07) is 10.7. The van der Waals surface area contributed by atoms with Crippen LogP contribution in [0.2, 0.25) is 0 Å². The van der Waals surface area contributed by atoms with Crippen molar-refractivity contribution < 1.29 is 27.5 Å². The third-order valence-corrected chi connectivity index (χ3v) is 8.93. The number of carbonyl (C=O) groups excluding carboxylic acids is 2. The molecule has 1 aliphatic carbocycles. The van der Waals surface area contributed by atoms with Gasteiger partial charge in [0.05, 0.1) is 17.6 Å². The Kier molecular flexibility index (Phi) is 8.20. The first-order valence-electron chi connectivity index (χ1n) is 14.2. The largest absolute Gasteiger partial charge is 0.477 e. The Bertz CT molecular complexity index is 1180. The van der Waals surface area contributed by atoms with Crippen molar-refractivity contribution in [1.82, 2.24) is 20.5 Å². The second-order valence-corrected chi connectivity index (χ2v) is 11.8. The molecule has 2 amide bonds. The Balaban J connectivity index is 1.07. The Hall–Kier alpha value is -2.98. The fourth-order valence-electron chi connectivity index (χ4n) is 5.93. The average molecular weight is 559 g/mol. The molecule has 3 aliphatic rings. The number of piperidine rings is 1. The minimum atomic E-state index is -4.12. The van der Waals surface area contributed by atoms with Crippen LogP contribution in [0, 0.1) is 11.3 Å². The van der Waals surface area contributed by atoms with Crippen LogP contribution in [0.5, 0.6) is 5.88 Å². The zero-order valence-electron chi connectivity index (χ0n) is 22.9. The molecule has 0 unspecified atom stereocenters. The topological polar surface area (TPSA) is 83.6 Å². The van der Waals surface area contributed by atoms with Gasteiger partial charge in [0.25, 0.3) is 5.91 Å². The van der Waals surface area contributed by atoms with E-state index < -0.39 is 23.0 Å². The minimum Gasteiger partial charge on any atom is -0.477 e. The van der Waals surface area contributed by atoms with Crippen LogP contribution in [0.25, 0.3) is 11.1 Å². The molecule has 0 spiro atoms. The van der Waals surface area contributed by atoms with Crippen LogP contribution in [-0.2, 0) is 4.79 Å².